The Morgan fingerprint density at radius 1 is 0.929 bits per heavy atom. The van der Waals surface area contributed by atoms with Crippen molar-refractivity contribution in [3.05, 3.63) is 94.7 Å². The molecule has 6 heterocycles. The molecule has 10 atom stereocenters. The summed E-state index contributed by atoms with van der Waals surface area (Å²) in [6, 6.07) is 12.5. The number of carbonyl (C=O) groups excluding carboxylic acids is 3. The van der Waals surface area contributed by atoms with E-state index in [1.807, 2.05) is 34.9 Å². The van der Waals surface area contributed by atoms with E-state index in [2.05, 4.69) is 9.88 Å². The van der Waals surface area contributed by atoms with E-state index < -0.39 is 87.4 Å². The first-order valence-electron chi connectivity index (χ1n) is 24.0. The average Bonchev–Trinajstić information content (AvgIpc) is 3.99. The second-order valence-corrected chi connectivity index (χ2v) is 20.6. The minimum Gasteiger partial charge on any atom is -0.496 e. The summed E-state index contributed by atoms with van der Waals surface area (Å²) in [7, 11) is 5.68. The molecule has 0 amide bonds. The molecular formula is C53H59F5N4O8. The van der Waals surface area contributed by atoms with Crippen molar-refractivity contribution in [2.24, 2.45) is 17.3 Å². The predicted molar refractivity (Wildman–Crippen MR) is 250 cm³/mol. The van der Waals surface area contributed by atoms with Crippen molar-refractivity contribution in [3.63, 3.8) is 0 Å². The molecule has 374 valence electrons. The minimum absolute atomic E-state index is 0.0223. The fourth-order valence-corrected chi connectivity index (χ4v) is 14.6. The molecule has 2 saturated heterocycles. The largest absolute Gasteiger partial charge is 0.496 e. The van der Waals surface area contributed by atoms with Crippen LogP contribution in [-0.4, -0.2) is 129 Å². The van der Waals surface area contributed by atoms with Crippen LogP contribution in [0.1, 0.15) is 74.4 Å². The molecule has 12 nitrogen and oxygen atoms in total. The molecule has 2 N–H and O–H groups in total. The Hall–Kier alpha value is -5.52. The van der Waals surface area contributed by atoms with Crippen LogP contribution in [0.25, 0.3) is 22.0 Å². The SMILES string of the molecule is CC[C@@]12C=CCN3CCC4(c5cc([C@@]6(C(=O)OC)CC7CC(C(C)(F)F)CN(CCc8c6[nH]c6ccc(-c9ccccc9C(F)(F)F)cc86)C7)c(OC)cc5N(C)C4[C@](O)(C(=O)OC)[C@H]1OC(C)=O)C32. The lowest BCUT2D eigenvalue weighted by atomic mass is 9.47. The molecule has 3 aromatic carbocycles. The molecule has 70 heavy (non-hydrogen) atoms. The van der Waals surface area contributed by atoms with E-state index in [-0.39, 0.29) is 37.1 Å². The second-order valence-electron chi connectivity index (χ2n) is 20.6. The van der Waals surface area contributed by atoms with Gasteiger partial charge in [0.2, 0.25) is 11.5 Å². The highest BCUT2D eigenvalue weighted by molar-refractivity contribution is 5.96. The van der Waals surface area contributed by atoms with Gasteiger partial charge in [0.05, 0.1) is 32.9 Å². The number of alkyl halides is 5. The quantitative estimate of drug-likeness (QED) is 0.0776. The Balaban J connectivity index is 1.28. The molecule has 1 saturated carbocycles. The summed E-state index contributed by atoms with van der Waals surface area (Å²) in [6.07, 6.45) is -1.03. The number of halogens is 5. The van der Waals surface area contributed by atoms with Crippen LogP contribution in [0.2, 0.25) is 0 Å². The van der Waals surface area contributed by atoms with Crippen LogP contribution in [-0.2, 0) is 52.0 Å². The van der Waals surface area contributed by atoms with Gasteiger partial charge in [-0.3, -0.25) is 14.5 Å². The molecule has 3 fully saturated rings. The predicted octanol–water partition coefficient (Wildman–Crippen LogP) is 7.81. The molecule has 2 bridgehead atoms. The Morgan fingerprint density at radius 2 is 1.67 bits per heavy atom. The third-order valence-corrected chi connectivity index (χ3v) is 17.2. The average molecular weight is 975 g/mol. The number of hydrogen-bond donors (Lipinski definition) is 2. The van der Waals surface area contributed by atoms with Gasteiger partial charge in [-0.2, -0.15) is 13.2 Å². The number of esters is 3. The highest BCUT2D eigenvalue weighted by Gasteiger charge is 2.80. The summed E-state index contributed by atoms with van der Waals surface area (Å²) in [4.78, 5) is 52.9. The Kier molecular flexibility index (Phi) is 11.4. The van der Waals surface area contributed by atoms with E-state index in [9.17, 15) is 27.9 Å². The molecule has 1 aromatic heterocycles. The number of benzene rings is 3. The van der Waals surface area contributed by atoms with Crippen LogP contribution in [0.4, 0.5) is 27.6 Å². The van der Waals surface area contributed by atoms with Crippen molar-refractivity contribution in [1.29, 1.82) is 0 Å². The number of anilines is 1. The van der Waals surface area contributed by atoms with E-state index in [4.69, 9.17) is 18.9 Å². The van der Waals surface area contributed by atoms with E-state index in [0.717, 1.165) is 13.0 Å². The summed E-state index contributed by atoms with van der Waals surface area (Å²) in [5.74, 6) is -6.74. The lowest BCUT2D eigenvalue weighted by Crippen LogP contribution is -2.81. The zero-order valence-corrected chi connectivity index (χ0v) is 40.3. The summed E-state index contributed by atoms with van der Waals surface area (Å²) in [6.45, 7) is 5.97. The second kappa shape index (κ2) is 16.5. The fraction of sp³-hybridized carbons (Fsp3) is 0.528. The van der Waals surface area contributed by atoms with Crippen molar-refractivity contribution < 1.29 is 60.4 Å². The number of carbonyl (C=O) groups is 3. The lowest BCUT2D eigenvalue weighted by molar-refractivity contribution is -0.228. The summed E-state index contributed by atoms with van der Waals surface area (Å²) < 4.78 is 98.5. The zero-order valence-electron chi connectivity index (χ0n) is 40.3. The van der Waals surface area contributed by atoms with E-state index >= 15 is 13.6 Å². The van der Waals surface area contributed by atoms with Crippen LogP contribution >= 0.6 is 0 Å². The van der Waals surface area contributed by atoms with Gasteiger partial charge >= 0.3 is 24.1 Å². The number of H-pyrrole nitrogens is 1. The highest BCUT2D eigenvalue weighted by atomic mass is 19.4. The number of aromatic nitrogens is 1. The van der Waals surface area contributed by atoms with Crippen molar-refractivity contribution >= 4 is 34.5 Å². The topological polar surface area (TPSA) is 134 Å². The van der Waals surface area contributed by atoms with Crippen molar-refractivity contribution in [2.75, 3.05) is 66.0 Å². The number of aliphatic hydroxyl groups is 1. The van der Waals surface area contributed by atoms with Crippen molar-refractivity contribution in [1.82, 2.24) is 14.8 Å². The van der Waals surface area contributed by atoms with Crippen LogP contribution in [0.3, 0.4) is 0 Å². The van der Waals surface area contributed by atoms with Gasteiger partial charge < -0.3 is 38.8 Å². The number of hydrogen-bond acceptors (Lipinski definition) is 11. The van der Waals surface area contributed by atoms with Crippen LogP contribution in [0, 0.1) is 17.3 Å². The van der Waals surface area contributed by atoms with E-state index in [1.54, 1.807) is 37.4 Å². The number of likely N-dealkylation sites (N-methyl/N-ethyl adjacent to an activating group) is 1. The van der Waals surface area contributed by atoms with Crippen molar-refractivity contribution in [3.8, 4) is 16.9 Å². The molecule has 1 spiro atoms. The van der Waals surface area contributed by atoms with Gasteiger partial charge in [0.25, 0.3) is 0 Å². The normalized spacial score (nSPS) is 32.4. The molecule has 10 rings (SSSR count). The van der Waals surface area contributed by atoms with Crippen LogP contribution in [0.5, 0.6) is 5.75 Å². The summed E-state index contributed by atoms with van der Waals surface area (Å²) in [5.41, 5.74) is -3.81. The monoisotopic (exact) mass is 974 g/mol. The standard InChI is InChI=1S/C53H59F5N4O8/c1-8-49-17-11-19-62-21-18-50(43(49)62)37-24-38(41(67-5)25-40(37)60(4)44(50)52(66,47(65)69-7)45(49)70-29(2)63)51(46(64)68-6)26-30-22-32(48(3,54)55)28-61(27-30)20-16-34-35-23-31(14-15-39(35)59-42(34)51)33-12-9-10-13-36(33)53(56,57)58/h9-15,17,23-25,30,32,43-45,59,66H,8,16,18-22,26-28H2,1-7H3/t30?,32?,43?,44?,45-,49-,50?,51-,52+/m0/s1. The summed E-state index contributed by atoms with van der Waals surface area (Å²) >= 11 is 0. The van der Waals surface area contributed by atoms with Gasteiger partial charge in [0.15, 0.2) is 6.10 Å². The van der Waals surface area contributed by atoms with Crippen LogP contribution < -0.4 is 9.64 Å². The highest BCUT2D eigenvalue weighted by Crippen LogP contribution is 2.68. The van der Waals surface area contributed by atoms with Gasteiger partial charge in [-0.15, -0.1) is 0 Å². The third-order valence-electron chi connectivity index (χ3n) is 17.2. The first kappa shape index (κ1) is 48.1. The third kappa shape index (κ3) is 6.65. The molecule has 5 aliphatic heterocycles. The fourth-order valence-electron chi connectivity index (χ4n) is 14.6. The minimum atomic E-state index is -4.65. The van der Waals surface area contributed by atoms with Gasteiger partial charge in [-0.05, 0) is 98.0 Å². The van der Waals surface area contributed by atoms with Crippen molar-refractivity contribution in [2.45, 2.75) is 99.6 Å². The van der Waals surface area contributed by atoms with E-state index in [1.165, 1.54) is 40.4 Å². The number of methoxy groups -OCH3 is 3. The van der Waals surface area contributed by atoms with Crippen LogP contribution in [0.15, 0.2) is 66.7 Å². The maximum atomic E-state index is 15.6. The smallest absolute Gasteiger partial charge is 0.417 e. The molecule has 0 radical (unpaired) electrons. The number of rotatable bonds is 8. The number of aromatic amines is 1. The molecule has 17 heteroatoms. The molecule has 6 unspecified atom stereocenters. The Morgan fingerprint density at radius 3 is 2.34 bits per heavy atom. The van der Waals surface area contributed by atoms with E-state index in [0.29, 0.717) is 83.6 Å². The number of nitrogens with zero attached hydrogens (tertiary/aromatic N) is 3. The van der Waals surface area contributed by atoms with Gasteiger partial charge in [0.1, 0.15) is 11.2 Å². The maximum absolute atomic E-state index is 15.6. The number of nitrogens with one attached hydrogen (secondary N) is 1. The first-order chi connectivity index (χ1) is 33.1. The zero-order chi connectivity index (χ0) is 50.1. The summed E-state index contributed by atoms with van der Waals surface area (Å²) in [5, 5.41) is 14.0. The molecule has 1 aliphatic carbocycles. The Labute approximate surface area is 403 Å². The van der Waals surface area contributed by atoms with Gasteiger partial charge in [-0.1, -0.05) is 43.3 Å². The number of ether oxygens (including phenoxy) is 4. The van der Waals surface area contributed by atoms with Gasteiger partial charge in [0, 0.05) is 96.9 Å². The molecular weight excluding hydrogens is 916 g/mol. The Bertz CT molecular complexity index is 2830. The number of fused-ring (bicyclic) bond motifs is 6. The maximum Gasteiger partial charge on any atom is 0.417 e. The number of piperidine rings is 1. The molecule has 6 aliphatic rings. The lowest BCUT2D eigenvalue weighted by Gasteiger charge is -2.63. The molecule has 4 aromatic rings. The first-order valence-corrected chi connectivity index (χ1v) is 24.0. The van der Waals surface area contributed by atoms with Gasteiger partial charge in [-0.25, -0.2) is 13.6 Å².